The van der Waals surface area contributed by atoms with Crippen molar-refractivity contribution in [3.05, 3.63) is 28.9 Å². The zero-order valence-electron chi connectivity index (χ0n) is 13.4. The molecule has 0 spiro atoms. The predicted octanol–water partition coefficient (Wildman–Crippen LogP) is 2.48. The smallest absolute Gasteiger partial charge is 0.275 e. The van der Waals surface area contributed by atoms with E-state index in [2.05, 4.69) is 10.2 Å². The molecule has 0 radical (unpaired) electrons. The van der Waals surface area contributed by atoms with E-state index in [4.69, 9.17) is 21.1 Å². The minimum Gasteiger partial charge on any atom is -0.382 e. The number of rotatable bonds is 3. The summed E-state index contributed by atoms with van der Waals surface area (Å²) >= 11 is 6.04. The van der Waals surface area contributed by atoms with E-state index in [9.17, 15) is 4.79 Å². The van der Waals surface area contributed by atoms with Crippen molar-refractivity contribution in [1.29, 1.82) is 0 Å². The number of nitrogens with zero attached hydrogens (tertiary/aromatic N) is 2. The number of aromatic amines is 1. The number of aromatic nitrogens is 2. The number of nitrogens with one attached hydrogen (secondary N) is 1. The molecule has 1 N–H and O–H groups in total. The Labute approximate surface area is 139 Å². The van der Waals surface area contributed by atoms with Gasteiger partial charge in [-0.15, -0.1) is 0 Å². The van der Waals surface area contributed by atoms with E-state index < -0.39 is 5.60 Å². The third kappa shape index (κ3) is 3.34. The van der Waals surface area contributed by atoms with Gasteiger partial charge in [-0.25, -0.2) is 0 Å². The molecule has 124 valence electrons. The number of halogens is 1. The number of ether oxygens (including phenoxy) is 2. The van der Waals surface area contributed by atoms with Crippen LogP contribution in [0.4, 0.5) is 0 Å². The van der Waals surface area contributed by atoms with Crippen LogP contribution in [0.25, 0.3) is 10.9 Å². The summed E-state index contributed by atoms with van der Waals surface area (Å²) in [6.45, 7) is 5.36. The summed E-state index contributed by atoms with van der Waals surface area (Å²) in [7, 11) is 1.63. The first-order chi connectivity index (χ1) is 10.9. The summed E-state index contributed by atoms with van der Waals surface area (Å²) in [6.07, 6.45) is -0.151. The largest absolute Gasteiger partial charge is 0.382 e. The molecule has 1 fully saturated rings. The lowest BCUT2D eigenvalue weighted by atomic mass is 10.0. The van der Waals surface area contributed by atoms with Crippen molar-refractivity contribution < 1.29 is 14.3 Å². The Hall–Kier alpha value is -1.63. The first kappa shape index (κ1) is 16.2. The number of methoxy groups -OCH3 is 1. The van der Waals surface area contributed by atoms with E-state index in [1.807, 2.05) is 19.9 Å². The molecule has 1 aromatic heterocycles. The predicted molar refractivity (Wildman–Crippen MR) is 87.8 cm³/mol. The second kappa shape index (κ2) is 6.11. The molecule has 1 saturated heterocycles. The van der Waals surface area contributed by atoms with Gasteiger partial charge in [-0.05, 0) is 32.0 Å². The first-order valence-electron chi connectivity index (χ1n) is 7.49. The maximum atomic E-state index is 12.9. The van der Waals surface area contributed by atoms with Crippen LogP contribution in [-0.4, -0.2) is 59.5 Å². The maximum Gasteiger partial charge on any atom is 0.275 e. The van der Waals surface area contributed by atoms with Crippen LogP contribution in [0.1, 0.15) is 24.3 Å². The molecule has 0 saturated carbocycles. The van der Waals surface area contributed by atoms with Gasteiger partial charge in [-0.2, -0.15) is 5.10 Å². The van der Waals surface area contributed by atoms with Gasteiger partial charge < -0.3 is 14.4 Å². The maximum absolute atomic E-state index is 12.9. The molecule has 0 bridgehead atoms. The molecule has 7 heteroatoms. The molecule has 23 heavy (non-hydrogen) atoms. The molecule has 6 nitrogen and oxygen atoms in total. The molecule has 3 rings (SSSR count). The molecule has 1 amide bonds. The molecule has 0 unspecified atom stereocenters. The number of hydrogen-bond donors (Lipinski definition) is 1. The second-order valence-corrected chi connectivity index (χ2v) is 6.84. The van der Waals surface area contributed by atoms with Gasteiger partial charge in [-0.3, -0.25) is 9.89 Å². The minimum absolute atomic E-state index is 0.129. The summed E-state index contributed by atoms with van der Waals surface area (Å²) in [5.41, 5.74) is 0.746. The Kier molecular flexibility index (Phi) is 4.31. The van der Waals surface area contributed by atoms with E-state index in [1.165, 1.54) is 0 Å². The quantitative estimate of drug-likeness (QED) is 0.934. The zero-order valence-corrected chi connectivity index (χ0v) is 14.2. The third-order valence-corrected chi connectivity index (χ3v) is 4.08. The van der Waals surface area contributed by atoms with Gasteiger partial charge >= 0.3 is 0 Å². The molecule has 1 aliphatic rings. The number of benzene rings is 1. The summed E-state index contributed by atoms with van der Waals surface area (Å²) < 4.78 is 11.1. The van der Waals surface area contributed by atoms with Crippen molar-refractivity contribution in [2.45, 2.75) is 25.6 Å². The molecule has 1 aliphatic heterocycles. The monoisotopic (exact) mass is 337 g/mol. The number of H-pyrrole nitrogens is 1. The molecule has 0 aliphatic carbocycles. The summed E-state index contributed by atoms with van der Waals surface area (Å²) in [6, 6.07) is 5.34. The fourth-order valence-corrected chi connectivity index (χ4v) is 3.19. The van der Waals surface area contributed by atoms with E-state index in [0.29, 0.717) is 30.4 Å². The van der Waals surface area contributed by atoms with E-state index in [1.54, 1.807) is 24.1 Å². The Morgan fingerprint density at radius 3 is 3.09 bits per heavy atom. The number of morpholine rings is 1. The highest BCUT2D eigenvalue weighted by Gasteiger charge is 2.36. The Bertz CT molecular complexity index is 728. The van der Waals surface area contributed by atoms with E-state index in [-0.39, 0.29) is 12.0 Å². The van der Waals surface area contributed by atoms with Gasteiger partial charge in [0, 0.05) is 30.6 Å². The van der Waals surface area contributed by atoms with Crippen LogP contribution in [-0.2, 0) is 9.47 Å². The SMILES string of the molecule is COC[C@H]1CN(C(=O)c2n[nH]c3ccc(Cl)cc23)CC(C)(C)O1. The van der Waals surface area contributed by atoms with Gasteiger partial charge in [0.25, 0.3) is 5.91 Å². The van der Waals surface area contributed by atoms with Crippen LogP contribution in [0.2, 0.25) is 5.02 Å². The van der Waals surface area contributed by atoms with Crippen LogP contribution in [0.5, 0.6) is 0 Å². The van der Waals surface area contributed by atoms with Crippen molar-refractivity contribution >= 4 is 28.4 Å². The number of carbonyl (C=O) groups excluding carboxylic acids is 1. The van der Waals surface area contributed by atoms with E-state index >= 15 is 0 Å². The number of fused-ring (bicyclic) bond motifs is 1. The molecular formula is C16H20ClN3O3. The van der Waals surface area contributed by atoms with E-state index in [0.717, 1.165) is 10.9 Å². The van der Waals surface area contributed by atoms with Gasteiger partial charge in [0.1, 0.15) is 0 Å². The van der Waals surface area contributed by atoms with Gasteiger partial charge in [0.15, 0.2) is 5.69 Å². The van der Waals surface area contributed by atoms with Crippen molar-refractivity contribution in [1.82, 2.24) is 15.1 Å². The topological polar surface area (TPSA) is 67.5 Å². The Balaban J connectivity index is 1.90. The third-order valence-electron chi connectivity index (χ3n) is 3.85. The molecule has 2 heterocycles. The van der Waals surface area contributed by atoms with Crippen molar-refractivity contribution in [3.63, 3.8) is 0 Å². The molecular weight excluding hydrogens is 318 g/mol. The normalized spacial score (nSPS) is 20.9. The lowest BCUT2D eigenvalue weighted by Crippen LogP contribution is -2.55. The van der Waals surface area contributed by atoms with Crippen molar-refractivity contribution in [2.24, 2.45) is 0 Å². The Morgan fingerprint density at radius 2 is 2.35 bits per heavy atom. The highest BCUT2D eigenvalue weighted by atomic mass is 35.5. The summed E-state index contributed by atoms with van der Waals surface area (Å²) in [5.74, 6) is -0.129. The van der Waals surface area contributed by atoms with Crippen molar-refractivity contribution in [3.8, 4) is 0 Å². The second-order valence-electron chi connectivity index (χ2n) is 6.40. The fourth-order valence-electron chi connectivity index (χ4n) is 3.02. The number of hydrogen-bond acceptors (Lipinski definition) is 4. The minimum atomic E-state index is -0.430. The summed E-state index contributed by atoms with van der Waals surface area (Å²) in [4.78, 5) is 14.7. The molecule has 2 aromatic rings. The average molecular weight is 338 g/mol. The highest BCUT2D eigenvalue weighted by molar-refractivity contribution is 6.31. The molecule has 1 aromatic carbocycles. The standard InChI is InChI=1S/C16H20ClN3O3/c1-16(2)9-20(7-11(23-16)8-22-3)15(21)14-12-6-10(17)4-5-13(12)18-19-14/h4-6,11H,7-9H2,1-3H3,(H,18,19)/t11-/m1/s1. The lowest BCUT2D eigenvalue weighted by molar-refractivity contribution is -0.143. The fraction of sp³-hybridized carbons (Fsp3) is 0.500. The van der Waals surface area contributed by atoms with Gasteiger partial charge in [-0.1, -0.05) is 11.6 Å². The van der Waals surface area contributed by atoms with Crippen LogP contribution < -0.4 is 0 Å². The first-order valence-corrected chi connectivity index (χ1v) is 7.87. The van der Waals surface area contributed by atoms with Crippen LogP contribution in [0, 0.1) is 0 Å². The number of carbonyl (C=O) groups is 1. The summed E-state index contributed by atoms with van der Waals surface area (Å²) in [5, 5.41) is 8.37. The van der Waals surface area contributed by atoms with Crippen LogP contribution >= 0.6 is 11.6 Å². The van der Waals surface area contributed by atoms with Gasteiger partial charge in [0.05, 0.1) is 23.8 Å². The van der Waals surface area contributed by atoms with Gasteiger partial charge in [0.2, 0.25) is 0 Å². The van der Waals surface area contributed by atoms with Crippen molar-refractivity contribution in [2.75, 3.05) is 26.8 Å². The molecule has 1 atom stereocenters. The number of amides is 1. The average Bonchev–Trinajstić information content (AvgIpc) is 2.88. The highest BCUT2D eigenvalue weighted by Crippen LogP contribution is 2.26. The zero-order chi connectivity index (χ0) is 16.6. The lowest BCUT2D eigenvalue weighted by Gasteiger charge is -2.42. The Morgan fingerprint density at radius 1 is 1.57 bits per heavy atom. The van der Waals surface area contributed by atoms with Crippen LogP contribution in [0.15, 0.2) is 18.2 Å². The van der Waals surface area contributed by atoms with Crippen LogP contribution in [0.3, 0.4) is 0 Å².